The molecule has 10 aromatic carbocycles. The summed E-state index contributed by atoms with van der Waals surface area (Å²) in [7, 11) is 0. The van der Waals surface area contributed by atoms with Crippen LogP contribution in [0.25, 0.3) is 118 Å². The monoisotopic (exact) mass is 650 g/mol. The van der Waals surface area contributed by atoms with Crippen LogP contribution >= 0.6 is 11.3 Å². The Balaban J connectivity index is 1.22. The van der Waals surface area contributed by atoms with Gasteiger partial charge in [0.2, 0.25) is 0 Å². The van der Waals surface area contributed by atoms with E-state index in [0.29, 0.717) is 0 Å². The maximum absolute atomic E-state index is 7.04. The second-order valence-electron chi connectivity index (χ2n) is 13.6. The molecule has 0 saturated carbocycles. The summed E-state index contributed by atoms with van der Waals surface area (Å²) in [6.07, 6.45) is 0. The van der Waals surface area contributed by atoms with Crippen molar-refractivity contribution in [3.63, 3.8) is 0 Å². The molecule has 0 N–H and O–H groups in total. The van der Waals surface area contributed by atoms with E-state index in [1.807, 2.05) is 11.3 Å². The molecule has 0 amide bonds. The zero-order chi connectivity index (χ0) is 32.5. The Morgan fingerprint density at radius 2 is 0.900 bits per heavy atom. The number of furan rings is 1. The number of benzene rings is 10. The van der Waals surface area contributed by atoms with Crippen molar-refractivity contribution in [2.24, 2.45) is 0 Å². The molecule has 0 aliphatic rings. The summed E-state index contributed by atoms with van der Waals surface area (Å²) >= 11 is 1.87. The third kappa shape index (κ3) is 3.56. The van der Waals surface area contributed by atoms with Gasteiger partial charge in [-0.15, -0.1) is 11.3 Å². The Kier molecular flexibility index (Phi) is 5.18. The van der Waals surface area contributed by atoms with E-state index in [1.54, 1.807) is 0 Å². The molecule has 0 bridgehead atoms. The molecule has 12 rings (SSSR count). The fraction of sp³-hybridized carbons (Fsp3) is 0. The fourth-order valence-electron chi connectivity index (χ4n) is 8.71. The summed E-state index contributed by atoms with van der Waals surface area (Å²) in [6.45, 7) is 0. The maximum atomic E-state index is 7.04. The predicted molar refractivity (Wildman–Crippen MR) is 216 cm³/mol. The minimum atomic E-state index is 0.915. The van der Waals surface area contributed by atoms with Crippen LogP contribution in [0.15, 0.2) is 162 Å². The Bertz CT molecular complexity index is 3360. The van der Waals surface area contributed by atoms with E-state index in [-0.39, 0.29) is 0 Å². The molecule has 0 radical (unpaired) electrons. The normalized spacial score (nSPS) is 12.4. The van der Waals surface area contributed by atoms with Gasteiger partial charge in [-0.2, -0.15) is 0 Å². The van der Waals surface area contributed by atoms with Crippen LogP contribution in [0, 0.1) is 0 Å². The van der Waals surface area contributed by atoms with Gasteiger partial charge in [0.15, 0.2) is 0 Å². The average Bonchev–Trinajstić information content (AvgIpc) is 3.72. The van der Waals surface area contributed by atoms with Crippen LogP contribution in [-0.2, 0) is 0 Å². The molecule has 1 nitrogen and oxygen atoms in total. The van der Waals surface area contributed by atoms with Crippen LogP contribution in [0.3, 0.4) is 0 Å². The number of thiophene rings is 1. The van der Waals surface area contributed by atoms with Gasteiger partial charge in [-0.3, -0.25) is 0 Å². The summed E-state index contributed by atoms with van der Waals surface area (Å²) in [6, 6.07) is 58.3. The van der Waals surface area contributed by atoms with Crippen LogP contribution in [-0.4, -0.2) is 0 Å². The van der Waals surface area contributed by atoms with Gasteiger partial charge in [-0.25, -0.2) is 0 Å². The van der Waals surface area contributed by atoms with Crippen molar-refractivity contribution in [2.75, 3.05) is 0 Å². The van der Waals surface area contributed by atoms with Crippen molar-refractivity contribution in [3.05, 3.63) is 158 Å². The van der Waals surface area contributed by atoms with Crippen molar-refractivity contribution in [2.45, 2.75) is 0 Å². The molecule has 50 heavy (non-hydrogen) atoms. The molecule has 12 aromatic rings. The van der Waals surface area contributed by atoms with Crippen LogP contribution < -0.4 is 0 Å². The minimum absolute atomic E-state index is 0.915. The zero-order valence-electron chi connectivity index (χ0n) is 26.8. The van der Waals surface area contributed by atoms with Crippen molar-refractivity contribution in [1.82, 2.24) is 0 Å². The summed E-state index contributed by atoms with van der Waals surface area (Å²) in [5, 5.41) is 17.6. The van der Waals surface area contributed by atoms with E-state index in [0.717, 1.165) is 22.1 Å². The lowest BCUT2D eigenvalue weighted by molar-refractivity contribution is 0.670. The molecule has 230 valence electrons. The Hall–Kier alpha value is -6.22. The molecule has 0 aliphatic heterocycles. The first-order chi connectivity index (χ1) is 24.8. The van der Waals surface area contributed by atoms with Crippen molar-refractivity contribution < 1.29 is 4.42 Å². The molecule has 0 unspecified atom stereocenters. The van der Waals surface area contributed by atoms with Crippen molar-refractivity contribution in [1.29, 1.82) is 0 Å². The first-order valence-corrected chi connectivity index (χ1v) is 18.0. The zero-order valence-corrected chi connectivity index (χ0v) is 27.6. The number of rotatable bonds is 2. The second kappa shape index (κ2) is 9.69. The standard InChI is InChI=1S/C48H26OS/c1-3-9-32-25-41-39(23-30(32)7-1)47-37(34-19-17-29-16-15-27-11-5-12-28-18-20-36(34)45(29)44(27)28)21-22-38(48(47)49-41)35-13-6-14-42-46(35)40-24-31-8-2-4-10-33(31)26-43(40)50-42/h1-26H. The predicted octanol–water partition coefficient (Wildman–Crippen LogP) is 14.5. The first kappa shape index (κ1) is 26.7. The van der Waals surface area contributed by atoms with Gasteiger partial charge >= 0.3 is 0 Å². The molecule has 0 spiro atoms. The number of hydrogen-bond donors (Lipinski definition) is 0. The van der Waals surface area contributed by atoms with Crippen LogP contribution in [0.1, 0.15) is 0 Å². The fourth-order valence-corrected chi connectivity index (χ4v) is 9.87. The number of fused-ring (bicyclic) bond motifs is 8. The van der Waals surface area contributed by atoms with Gasteiger partial charge in [-0.1, -0.05) is 121 Å². The van der Waals surface area contributed by atoms with E-state index in [9.17, 15) is 0 Å². The van der Waals surface area contributed by atoms with Gasteiger partial charge in [0.05, 0.1) is 0 Å². The van der Waals surface area contributed by atoms with Gasteiger partial charge in [0.25, 0.3) is 0 Å². The van der Waals surface area contributed by atoms with E-state index in [2.05, 4.69) is 158 Å². The van der Waals surface area contributed by atoms with Gasteiger partial charge in [0.1, 0.15) is 11.2 Å². The number of hydrogen-bond acceptors (Lipinski definition) is 2. The molecule has 2 heteroatoms. The highest BCUT2D eigenvalue weighted by molar-refractivity contribution is 7.26. The van der Waals surface area contributed by atoms with E-state index in [4.69, 9.17) is 4.42 Å². The van der Waals surface area contributed by atoms with Gasteiger partial charge < -0.3 is 4.42 Å². The molecule has 0 saturated heterocycles. The van der Waals surface area contributed by atoms with Crippen LogP contribution in [0.2, 0.25) is 0 Å². The highest BCUT2D eigenvalue weighted by atomic mass is 32.1. The lowest BCUT2D eigenvalue weighted by atomic mass is 9.87. The van der Waals surface area contributed by atoms with Gasteiger partial charge in [0, 0.05) is 36.5 Å². The quantitative estimate of drug-likeness (QED) is 0.170. The molecular weight excluding hydrogens is 625 g/mol. The van der Waals surface area contributed by atoms with Crippen molar-refractivity contribution in [3.8, 4) is 22.3 Å². The first-order valence-electron chi connectivity index (χ1n) is 17.2. The summed E-state index contributed by atoms with van der Waals surface area (Å²) < 4.78 is 9.64. The Morgan fingerprint density at radius 3 is 1.70 bits per heavy atom. The Morgan fingerprint density at radius 1 is 0.320 bits per heavy atom. The largest absolute Gasteiger partial charge is 0.455 e. The molecule has 2 aromatic heterocycles. The summed E-state index contributed by atoms with van der Waals surface area (Å²) in [5.41, 5.74) is 6.61. The smallest absolute Gasteiger partial charge is 0.143 e. The summed E-state index contributed by atoms with van der Waals surface area (Å²) in [4.78, 5) is 0. The van der Waals surface area contributed by atoms with Crippen LogP contribution in [0.4, 0.5) is 0 Å². The molecular formula is C48H26OS. The topological polar surface area (TPSA) is 13.1 Å². The molecule has 0 aliphatic carbocycles. The lowest BCUT2D eigenvalue weighted by Gasteiger charge is -2.15. The summed E-state index contributed by atoms with van der Waals surface area (Å²) in [5.74, 6) is 0. The maximum Gasteiger partial charge on any atom is 0.143 e. The van der Waals surface area contributed by atoms with E-state index in [1.165, 1.54) is 96.1 Å². The lowest BCUT2D eigenvalue weighted by Crippen LogP contribution is -1.89. The Labute approximate surface area is 290 Å². The average molecular weight is 651 g/mol. The molecule has 2 heterocycles. The SMILES string of the molecule is c1ccc2cc3c(cc2c1)oc1c(-c2cccc4sc5cc6ccccc6cc5c24)ccc(-c2ccc4ccc5cccc6ccc2c4c56)c13. The van der Waals surface area contributed by atoms with Gasteiger partial charge in [-0.05, 0) is 107 Å². The molecule has 0 atom stereocenters. The van der Waals surface area contributed by atoms with Crippen molar-refractivity contribution >= 4 is 107 Å². The molecule has 0 fully saturated rings. The second-order valence-corrected chi connectivity index (χ2v) is 14.7. The minimum Gasteiger partial charge on any atom is -0.455 e. The highest BCUT2D eigenvalue weighted by Gasteiger charge is 2.22. The van der Waals surface area contributed by atoms with E-state index >= 15 is 0 Å². The third-order valence-electron chi connectivity index (χ3n) is 11.0. The third-order valence-corrected chi connectivity index (χ3v) is 12.1. The highest BCUT2D eigenvalue weighted by Crippen LogP contribution is 2.49. The van der Waals surface area contributed by atoms with E-state index < -0.39 is 0 Å². The van der Waals surface area contributed by atoms with Crippen LogP contribution in [0.5, 0.6) is 0 Å².